The SMILES string of the molecule is O=C1NC(=O)N(c2ccc(OCc3ccc(Cl)cc3)cc2)C(=O)/C1=C/c1ccccc1OCc1cccc(F)c1. The Morgan fingerprint density at radius 2 is 1.52 bits per heavy atom. The van der Waals surface area contributed by atoms with Crippen molar-refractivity contribution in [3.8, 4) is 11.5 Å². The number of halogens is 2. The number of rotatable bonds is 8. The Labute approximate surface area is 234 Å². The average molecular weight is 557 g/mol. The molecule has 4 aromatic carbocycles. The highest BCUT2D eigenvalue weighted by atomic mass is 35.5. The van der Waals surface area contributed by atoms with Crippen LogP contribution in [0.4, 0.5) is 14.9 Å². The summed E-state index contributed by atoms with van der Waals surface area (Å²) in [6.45, 7) is 0.386. The number of carbonyl (C=O) groups excluding carboxylic acids is 3. The molecule has 0 saturated carbocycles. The largest absolute Gasteiger partial charge is 0.489 e. The number of ether oxygens (including phenoxy) is 2. The predicted molar refractivity (Wildman–Crippen MR) is 148 cm³/mol. The molecule has 40 heavy (non-hydrogen) atoms. The molecule has 1 aliphatic rings. The van der Waals surface area contributed by atoms with E-state index in [1.54, 1.807) is 72.8 Å². The molecule has 4 amide bonds. The van der Waals surface area contributed by atoms with E-state index in [4.69, 9.17) is 21.1 Å². The fourth-order valence-corrected chi connectivity index (χ4v) is 4.13. The van der Waals surface area contributed by atoms with Gasteiger partial charge in [-0.1, -0.05) is 54.1 Å². The number of imide groups is 2. The van der Waals surface area contributed by atoms with Gasteiger partial charge in [-0.2, -0.15) is 0 Å². The van der Waals surface area contributed by atoms with Crippen molar-refractivity contribution >= 4 is 41.2 Å². The molecule has 9 heteroatoms. The quantitative estimate of drug-likeness (QED) is 0.203. The minimum Gasteiger partial charge on any atom is -0.489 e. The zero-order chi connectivity index (χ0) is 28.1. The number of carbonyl (C=O) groups is 3. The molecule has 0 spiro atoms. The summed E-state index contributed by atoms with van der Waals surface area (Å²) in [5.41, 5.74) is 2.00. The van der Waals surface area contributed by atoms with Crippen molar-refractivity contribution < 1.29 is 28.2 Å². The Morgan fingerprint density at radius 3 is 2.27 bits per heavy atom. The van der Waals surface area contributed by atoms with E-state index in [0.717, 1.165) is 10.5 Å². The summed E-state index contributed by atoms with van der Waals surface area (Å²) in [4.78, 5) is 39.5. The Bertz CT molecular complexity index is 1600. The number of nitrogens with zero attached hydrogens (tertiary/aromatic N) is 1. The van der Waals surface area contributed by atoms with Crippen LogP contribution in [0.25, 0.3) is 6.08 Å². The van der Waals surface area contributed by atoms with Crippen LogP contribution >= 0.6 is 11.6 Å². The number of hydrogen-bond acceptors (Lipinski definition) is 5. The molecule has 1 saturated heterocycles. The number of amides is 4. The third kappa shape index (κ3) is 6.19. The summed E-state index contributed by atoms with van der Waals surface area (Å²) < 4.78 is 25.1. The maximum absolute atomic E-state index is 13.5. The summed E-state index contributed by atoms with van der Waals surface area (Å²) in [5.74, 6) is -1.09. The van der Waals surface area contributed by atoms with Crippen molar-refractivity contribution in [2.45, 2.75) is 13.2 Å². The number of barbiturate groups is 1. The molecule has 1 aliphatic heterocycles. The van der Waals surface area contributed by atoms with Crippen LogP contribution in [0.15, 0.2) is 103 Å². The molecule has 200 valence electrons. The molecule has 7 nitrogen and oxygen atoms in total. The molecule has 4 aromatic rings. The van der Waals surface area contributed by atoms with Crippen molar-refractivity contribution in [3.63, 3.8) is 0 Å². The lowest BCUT2D eigenvalue weighted by Crippen LogP contribution is -2.54. The molecular weight excluding hydrogens is 535 g/mol. The molecule has 0 atom stereocenters. The van der Waals surface area contributed by atoms with Gasteiger partial charge in [0.2, 0.25) is 0 Å². The maximum atomic E-state index is 13.5. The minimum absolute atomic E-state index is 0.0785. The van der Waals surface area contributed by atoms with Crippen LogP contribution in [0.3, 0.4) is 0 Å². The number of benzene rings is 4. The van der Waals surface area contributed by atoms with E-state index in [9.17, 15) is 18.8 Å². The molecule has 1 fully saturated rings. The first-order valence-electron chi connectivity index (χ1n) is 12.2. The van der Waals surface area contributed by atoms with Gasteiger partial charge in [0.1, 0.15) is 36.1 Å². The van der Waals surface area contributed by atoms with Crippen molar-refractivity contribution in [1.29, 1.82) is 0 Å². The molecule has 0 unspecified atom stereocenters. The standard InChI is InChI=1S/C31H22ClFN2O5/c32-23-10-8-20(9-11-23)18-39-26-14-12-25(13-15-26)35-30(37)27(29(36)34-31(35)38)17-22-5-1-2-7-28(22)40-19-21-4-3-6-24(33)16-21/h1-17H,18-19H2,(H,34,36,38)/b27-17+. The summed E-state index contributed by atoms with van der Waals surface area (Å²) in [7, 11) is 0. The van der Waals surface area contributed by atoms with Crippen LogP contribution < -0.4 is 19.7 Å². The van der Waals surface area contributed by atoms with E-state index in [0.29, 0.717) is 34.3 Å². The van der Waals surface area contributed by atoms with Gasteiger partial charge in [-0.3, -0.25) is 14.9 Å². The maximum Gasteiger partial charge on any atom is 0.335 e. The van der Waals surface area contributed by atoms with Gasteiger partial charge >= 0.3 is 6.03 Å². The average Bonchev–Trinajstić information content (AvgIpc) is 2.95. The van der Waals surface area contributed by atoms with Crippen LogP contribution in [0.5, 0.6) is 11.5 Å². The van der Waals surface area contributed by atoms with Gasteiger partial charge in [-0.25, -0.2) is 14.1 Å². The molecule has 0 aliphatic carbocycles. The van der Waals surface area contributed by atoms with Crippen molar-refractivity contribution in [3.05, 3.63) is 130 Å². The number of nitrogens with one attached hydrogen (secondary N) is 1. The monoisotopic (exact) mass is 556 g/mol. The topological polar surface area (TPSA) is 84.9 Å². The Kier molecular flexibility index (Phi) is 7.89. The van der Waals surface area contributed by atoms with Crippen LogP contribution in [-0.2, 0) is 22.8 Å². The second kappa shape index (κ2) is 11.8. The highest BCUT2D eigenvalue weighted by Gasteiger charge is 2.37. The Hall–Kier alpha value is -4.95. The summed E-state index contributed by atoms with van der Waals surface area (Å²) in [6, 6.07) is 25.5. The van der Waals surface area contributed by atoms with Gasteiger partial charge in [0.25, 0.3) is 11.8 Å². The van der Waals surface area contributed by atoms with Crippen LogP contribution in [0.1, 0.15) is 16.7 Å². The van der Waals surface area contributed by atoms with Crippen LogP contribution in [0, 0.1) is 5.82 Å². The molecular formula is C31H22ClFN2O5. The molecule has 0 radical (unpaired) electrons. The van der Waals surface area contributed by atoms with Crippen molar-refractivity contribution in [1.82, 2.24) is 5.32 Å². The lowest BCUT2D eigenvalue weighted by molar-refractivity contribution is -0.122. The smallest absolute Gasteiger partial charge is 0.335 e. The number of para-hydroxylation sites is 1. The van der Waals surface area contributed by atoms with E-state index in [1.165, 1.54) is 18.2 Å². The lowest BCUT2D eigenvalue weighted by atomic mass is 10.1. The van der Waals surface area contributed by atoms with Crippen molar-refractivity contribution in [2.75, 3.05) is 4.90 Å². The first-order valence-corrected chi connectivity index (χ1v) is 12.6. The summed E-state index contributed by atoms with van der Waals surface area (Å²) in [6.07, 6.45) is 1.36. The fraction of sp³-hybridized carbons (Fsp3) is 0.0645. The fourth-order valence-electron chi connectivity index (χ4n) is 4.01. The highest BCUT2D eigenvalue weighted by molar-refractivity contribution is 6.39. The predicted octanol–water partition coefficient (Wildman–Crippen LogP) is 6.30. The number of urea groups is 1. The van der Waals surface area contributed by atoms with Crippen molar-refractivity contribution in [2.24, 2.45) is 0 Å². The molecule has 1 N–H and O–H groups in total. The second-order valence-corrected chi connectivity index (χ2v) is 9.26. The van der Waals surface area contributed by atoms with Gasteiger partial charge in [0.15, 0.2) is 0 Å². The number of hydrogen-bond donors (Lipinski definition) is 1. The summed E-state index contributed by atoms with van der Waals surface area (Å²) >= 11 is 5.91. The summed E-state index contributed by atoms with van der Waals surface area (Å²) in [5, 5.41) is 2.84. The van der Waals surface area contributed by atoms with Gasteiger partial charge in [-0.05, 0) is 71.8 Å². The molecule has 1 heterocycles. The van der Waals surface area contributed by atoms with Gasteiger partial charge < -0.3 is 9.47 Å². The zero-order valence-corrected chi connectivity index (χ0v) is 21.7. The van der Waals surface area contributed by atoms with E-state index in [2.05, 4.69) is 5.32 Å². The first kappa shape index (κ1) is 26.6. The number of anilines is 1. The zero-order valence-electron chi connectivity index (χ0n) is 21.0. The second-order valence-electron chi connectivity index (χ2n) is 8.82. The van der Waals surface area contributed by atoms with Gasteiger partial charge in [0, 0.05) is 10.6 Å². The Balaban J connectivity index is 1.33. The third-order valence-corrected chi connectivity index (χ3v) is 6.27. The Morgan fingerprint density at radius 1 is 0.800 bits per heavy atom. The highest BCUT2D eigenvalue weighted by Crippen LogP contribution is 2.27. The van der Waals surface area contributed by atoms with Crippen LogP contribution in [0.2, 0.25) is 5.02 Å². The van der Waals surface area contributed by atoms with Gasteiger partial charge in [0.05, 0.1) is 5.69 Å². The van der Waals surface area contributed by atoms with E-state index >= 15 is 0 Å². The van der Waals surface area contributed by atoms with Crippen LogP contribution in [-0.4, -0.2) is 17.8 Å². The van der Waals surface area contributed by atoms with E-state index < -0.39 is 17.8 Å². The lowest BCUT2D eigenvalue weighted by Gasteiger charge is -2.26. The molecule has 5 rings (SSSR count). The first-order chi connectivity index (χ1) is 19.4. The minimum atomic E-state index is -0.863. The molecule has 0 bridgehead atoms. The molecule has 0 aromatic heterocycles. The van der Waals surface area contributed by atoms with E-state index in [1.807, 2.05) is 12.1 Å². The van der Waals surface area contributed by atoms with E-state index in [-0.39, 0.29) is 23.7 Å². The third-order valence-electron chi connectivity index (χ3n) is 6.02. The van der Waals surface area contributed by atoms with Gasteiger partial charge in [-0.15, -0.1) is 0 Å². The normalized spacial score (nSPS) is 14.3.